The van der Waals surface area contributed by atoms with Crippen LogP contribution in [0.4, 0.5) is 5.69 Å². The molecule has 0 saturated heterocycles. The number of aryl methyl sites for hydroxylation is 1. The van der Waals surface area contributed by atoms with Crippen LogP contribution in [0.5, 0.6) is 0 Å². The zero-order valence-electron chi connectivity index (χ0n) is 10.6. The Labute approximate surface area is 104 Å². The topological polar surface area (TPSA) is 49.4 Å². The highest BCUT2D eigenvalue weighted by Crippen LogP contribution is 2.20. The van der Waals surface area contributed by atoms with Crippen molar-refractivity contribution in [2.24, 2.45) is 0 Å². The number of sulfonamides is 1. The molecule has 0 bridgehead atoms. The summed E-state index contributed by atoms with van der Waals surface area (Å²) in [6.07, 6.45) is 0. The Hall–Kier alpha value is -1.07. The predicted octanol–water partition coefficient (Wildman–Crippen LogP) is 1.37. The lowest BCUT2D eigenvalue weighted by molar-refractivity contribution is 0.590. The molecule has 0 atom stereocenters. The van der Waals surface area contributed by atoms with Crippen LogP contribution in [0, 0.1) is 6.92 Å². The van der Waals surface area contributed by atoms with E-state index in [0.717, 1.165) is 17.8 Å². The molecule has 0 aromatic heterocycles. The number of benzene rings is 1. The monoisotopic (exact) mass is 256 g/mol. The minimum Gasteiger partial charge on any atom is -0.316 e. The Bertz CT molecular complexity index is 457. The molecule has 0 aliphatic carbocycles. The van der Waals surface area contributed by atoms with E-state index in [2.05, 4.69) is 5.32 Å². The Kier molecular flexibility index (Phi) is 4.96. The van der Waals surface area contributed by atoms with Gasteiger partial charge in [-0.3, -0.25) is 4.31 Å². The molecule has 17 heavy (non-hydrogen) atoms. The van der Waals surface area contributed by atoms with E-state index in [-0.39, 0.29) is 5.75 Å². The minimum absolute atomic E-state index is 0.117. The molecule has 0 fully saturated rings. The number of nitrogens with one attached hydrogen (secondary N) is 1. The van der Waals surface area contributed by atoms with Crippen LogP contribution in [0.2, 0.25) is 0 Å². The van der Waals surface area contributed by atoms with Gasteiger partial charge in [-0.1, -0.05) is 25.1 Å². The van der Waals surface area contributed by atoms with Gasteiger partial charge in [-0.25, -0.2) is 8.42 Å². The average Bonchev–Trinajstić information content (AvgIpc) is 2.29. The first-order chi connectivity index (χ1) is 7.99. The van der Waals surface area contributed by atoms with Gasteiger partial charge in [-0.05, 0) is 25.1 Å². The van der Waals surface area contributed by atoms with Crippen molar-refractivity contribution in [3.05, 3.63) is 29.8 Å². The van der Waals surface area contributed by atoms with Gasteiger partial charge in [0, 0.05) is 13.6 Å². The third-order valence-electron chi connectivity index (χ3n) is 2.66. The number of hydrogen-bond acceptors (Lipinski definition) is 3. The van der Waals surface area contributed by atoms with Crippen molar-refractivity contribution in [1.29, 1.82) is 0 Å². The van der Waals surface area contributed by atoms with E-state index < -0.39 is 10.0 Å². The van der Waals surface area contributed by atoms with E-state index in [1.165, 1.54) is 4.31 Å². The summed E-state index contributed by atoms with van der Waals surface area (Å²) in [6.45, 7) is 5.13. The van der Waals surface area contributed by atoms with Gasteiger partial charge >= 0.3 is 0 Å². The molecular formula is C12H20N2O2S. The van der Waals surface area contributed by atoms with E-state index in [1.54, 1.807) is 7.05 Å². The molecule has 1 N–H and O–H groups in total. The fourth-order valence-electron chi connectivity index (χ4n) is 1.58. The summed E-state index contributed by atoms with van der Waals surface area (Å²) in [7, 11) is -1.64. The first kappa shape index (κ1) is 14.0. The molecular weight excluding hydrogens is 236 g/mol. The second kappa shape index (κ2) is 6.02. The molecule has 1 rings (SSSR count). The third kappa shape index (κ3) is 3.71. The molecule has 5 heteroatoms. The summed E-state index contributed by atoms with van der Waals surface area (Å²) < 4.78 is 25.4. The van der Waals surface area contributed by atoms with Crippen LogP contribution in [-0.4, -0.2) is 34.3 Å². The SMILES string of the molecule is CCNCCS(=O)(=O)N(C)c1ccccc1C. The number of nitrogens with zero attached hydrogens (tertiary/aromatic N) is 1. The second-order valence-corrected chi connectivity index (χ2v) is 6.04. The van der Waals surface area contributed by atoms with Gasteiger partial charge in [0.2, 0.25) is 10.0 Å². The van der Waals surface area contributed by atoms with E-state index in [1.807, 2.05) is 38.1 Å². The van der Waals surface area contributed by atoms with Gasteiger partial charge in [-0.15, -0.1) is 0 Å². The first-order valence-electron chi connectivity index (χ1n) is 5.72. The summed E-state index contributed by atoms with van der Waals surface area (Å²) in [5, 5.41) is 3.02. The molecule has 0 aliphatic heterocycles. The third-order valence-corrected chi connectivity index (χ3v) is 4.41. The number of anilines is 1. The van der Waals surface area contributed by atoms with Crippen molar-refractivity contribution in [3.63, 3.8) is 0 Å². The van der Waals surface area contributed by atoms with Crippen LogP contribution < -0.4 is 9.62 Å². The van der Waals surface area contributed by atoms with Crippen LogP contribution in [0.25, 0.3) is 0 Å². The summed E-state index contributed by atoms with van der Waals surface area (Å²) in [6, 6.07) is 7.47. The lowest BCUT2D eigenvalue weighted by Gasteiger charge is -2.21. The van der Waals surface area contributed by atoms with E-state index >= 15 is 0 Å². The van der Waals surface area contributed by atoms with Crippen molar-refractivity contribution in [3.8, 4) is 0 Å². The number of hydrogen-bond donors (Lipinski definition) is 1. The van der Waals surface area contributed by atoms with Gasteiger partial charge in [0.05, 0.1) is 11.4 Å². The molecule has 96 valence electrons. The van der Waals surface area contributed by atoms with Crippen molar-refractivity contribution in [2.75, 3.05) is 30.2 Å². The maximum Gasteiger partial charge on any atom is 0.236 e. The van der Waals surface area contributed by atoms with Crippen LogP contribution >= 0.6 is 0 Å². The Balaban J connectivity index is 2.82. The van der Waals surface area contributed by atoms with Gasteiger partial charge in [0.15, 0.2) is 0 Å². The van der Waals surface area contributed by atoms with Crippen LogP contribution in [0.15, 0.2) is 24.3 Å². The molecule has 1 aromatic carbocycles. The smallest absolute Gasteiger partial charge is 0.236 e. The van der Waals surface area contributed by atoms with Crippen molar-refractivity contribution in [2.45, 2.75) is 13.8 Å². The Morgan fingerprint density at radius 3 is 2.53 bits per heavy atom. The van der Waals surface area contributed by atoms with E-state index in [4.69, 9.17) is 0 Å². The molecule has 0 spiro atoms. The molecule has 0 amide bonds. The average molecular weight is 256 g/mol. The molecule has 0 radical (unpaired) electrons. The number of rotatable bonds is 6. The van der Waals surface area contributed by atoms with Crippen molar-refractivity contribution >= 4 is 15.7 Å². The summed E-state index contributed by atoms with van der Waals surface area (Å²) in [5.41, 5.74) is 1.70. The van der Waals surface area contributed by atoms with Crippen molar-refractivity contribution < 1.29 is 8.42 Å². The van der Waals surface area contributed by atoms with Gasteiger partial charge in [0.1, 0.15) is 0 Å². The maximum absolute atomic E-state index is 12.0. The molecule has 1 aromatic rings. The normalized spacial score (nSPS) is 11.5. The second-order valence-electron chi connectivity index (χ2n) is 3.92. The van der Waals surface area contributed by atoms with Crippen LogP contribution in [0.1, 0.15) is 12.5 Å². The zero-order valence-corrected chi connectivity index (χ0v) is 11.4. The van der Waals surface area contributed by atoms with Gasteiger partial charge < -0.3 is 5.32 Å². The molecule has 0 aliphatic rings. The van der Waals surface area contributed by atoms with Gasteiger partial charge in [-0.2, -0.15) is 0 Å². The van der Waals surface area contributed by atoms with E-state index in [9.17, 15) is 8.42 Å². The first-order valence-corrected chi connectivity index (χ1v) is 7.33. The zero-order chi connectivity index (χ0) is 12.9. The fraction of sp³-hybridized carbons (Fsp3) is 0.500. The maximum atomic E-state index is 12.0. The lowest BCUT2D eigenvalue weighted by atomic mass is 10.2. The molecule has 0 saturated carbocycles. The van der Waals surface area contributed by atoms with Crippen LogP contribution in [0.3, 0.4) is 0 Å². The molecule has 4 nitrogen and oxygen atoms in total. The minimum atomic E-state index is -3.24. The number of para-hydroxylation sites is 1. The molecule has 0 unspecified atom stereocenters. The highest BCUT2D eigenvalue weighted by Gasteiger charge is 2.18. The highest BCUT2D eigenvalue weighted by molar-refractivity contribution is 7.92. The summed E-state index contributed by atoms with van der Waals surface area (Å²) >= 11 is 0. The Morgan fingerprint density at radius 1 is 1.29 bits per heavy atom. The van der Waals surface area contributed by atoms with Gasteiger partial charge in [0.25, 0.3) is 0 Å². The Morgan fingerprint density at radius 2 is 1.94 bits per heavy atom. The van der Waals surface area contributed by atoms with Crippen molar-refractivity contribution in [1.82, 2.24) is 5.32 Å². The quantitative estimate of drug-likeness (QED) is 0.782. The largest absolute Gasteiger partial charge is 0.316 e. The van der Waals surface area contributed by atoms with Crippen LogP contribution in [-0.2, 0) is 10.0 Å². The summed E-state index contributed by atoms with van der Waals surface area (Å²) in [4.78, 5) is 0. The molecule has 0 heterocycles. The van der Waals surface area contributed by atoms with E-state index in [0.29, 0.717) is 6.54 Å². The predicted molar refractivity (Wildman–Crippen MR) is 71.9 cm³/mol. The summed E-state index contributed by atoms with van der Waals surface area (Å²) in [5.74, 6) is 0.117. The standard InChI is InChI=1S/C12H20N2O2S/c1-4-13-9-10-17(15,16)14(3)12-8-6-5-7-11(12)2/h5-8,13H,4,9-10H2,1-3H3. The lowest BCUT2D eigenvalue weighted by Crippen LogP contribution is -2.34. The highest BCUT2D eigenvalue weighted by atomic mass is 32.2. The fourth-order valence-corrected chi connectivity index (χ4v) is 2.76.